The Labute approximate surface area is 105 Å². The molecular formula is C10H6FN5OS. The Kier molecular flexibility index (Phi) is 3.16. The Morgan fingerprint density at radius 3 is 2.89 bits per heavy atom. The Morgan fingerprint density at radius 2 is 2.28 bits per heavy atom. The van der Waals surface area contributed by atoms with E-state index < -0.39 is 11.7 Å². The molecule has 1 aromatic carbocycles. The fourth-order valence-electron chi connectivity index (χ4n) is 1.20. The van der Waals surface area contributed by atoms with Crippen LogP contribution < -0.4 is 11.1 Å². The van der Waals surface area contributed by atoms with Crippen molar-refractivity contribution in [1.29, 1.82) is 5.26 Å². The van der Waals surface area contributed by atoms with Gasteiger partial charge in [-0.25, -0.2) is 4.39 Å². The van der Waals surface area contributed by atoms with Gasteiger partial charge in [-0.2, -0.15) is 5.26 Å². The third kappa shape index (κ3) is 2.41. The first-order valence-electron chi connectivity index (χ1n) is 4.70. The molecule has 0 aliphatic carbocycles. The van der Waals surface area contributed by atoms with Crippen molar-refractivity contribution in [3.05, 3.63) is 34.6 Å². The van der Waals surface area contributed by atoms with E-state index in [0.717, 1.165) is 17.4 Å². The molecule has 3 N–H and O–H groups in total. The Hall–Kier alpha value is -2.53. The molecule has 6 nitrogen and oxygen atoms in total. The third-order valence-corrected chi connectivity index (χ3v) is 2.73. The number of carbonyl (C=O) groups excluding carboxylic acids is 1. The van der Waals surface area contributed by atoms with Gasteiger partial charge in [-0.15, -0.1) is 10.2 Å². The van der Waals surface area contributed by atoms with Crippen LogP contribution in [0.5, 0.6) is 0 Å². The summed E-state index contributed by atoms with van der Waals surface area (Å²) in [7, 11) is 0. The molecule has 0 saturated carbocycles. The summed E-state index contributed by atoms with van der Waals surface area (Å²) in [5, 5.41) is 18.5. The average molecular weight is 263 g/mol. The van der Waals surface area contributed by atoms with Gasteiger partial charge in [0.05, 0.1) is 5.56 Å². The number of nitrogens with one attached hydrogen (secondary N) is 1. The molecule has 0 atom stereocenters. The number of benzene rings is 1. The number of hydrogen-bond acceptors (Lipinski definition) is 6. The molecule has 0 spiro atoms. The number of nitriles is 1. The summed E-state index contributed by atoms with van der Waals surface area (Å²) in [4.78, 5) is 11.7. The number of aromatic nitrogens is 2. The molecule has 18 heavy (non-hydrogen) atoms. The molecule has 2 rings (SSSR count). The molecular weight excluding hydrogens is 257 g/mol. The summed E-state index contributed by atoms with van der Waals surface area (Å²) in [6.07, 6.45) is 0. The molecule has 1 heterocycles. The van der Waals surface area contributed by atoms with Crippen molar-refractivity contribution in [2.75, 3.05) is 11.1 Å². The van der Waals surface area contributed by atoms with Gasteiger partial charge in [-0.3, -0.25) is 4.79 Å². The summed E-state index contributed by atoms with van der Waals surface area (Å²) < 4.78 is 13.1. The second-order valence-corrected chi connectivity index (χ2v) is 4.22. The highest BCUT2D eigenvalue weighted by Crippen LogP contribution is 2.16. The Balaban J connectivity index is 2.20. The van der Waals surface area contributed by atoms with Crippen molar-refractivity contribution in [2.24, 2.45) is 0 Å². The van der Waals surface area contributed by atoms with E-state index in [1.54, 1.807) is 6.07 Å². The SMILES string of the molecule is N#Cc1cc(NC(=O)c2nnc(N)s2)ccc1F. The van der Waals surface area contributed by atoms with Crippen molar-refractivity contribution in [3.8, 4) is 6.07 Å². The molecule has 8 heteroatoms. The van der Waals surface area contributed by atoms with E-state index >= 15 is 0 Å². The summed E-state index contributed by atoms with van der Waals surface area (Å²) in [6, 6.07) is 5.36. The van der Waals surface area contributed by atoms with Crippen LogP contribution in [0.15, 0.2) is 18.2 Å². The van der Waals surface area contributed by atoms with E-state index in [4.69, 9.17) is 11.0 Å². The van der Waals surface area contributed by atoms with Gasteiger partial charge in [0.2, 0.25) is 10.1 Å². The topological polar surface area (TPSA) is 105 Å². The first kappa shape index (κ1) is 11.9. The fourth-order valence-corrected chi connectivity index (χ4v) is 1.70. The maximum absolute atomic E-state index is 13.1. The largest absolute Gasteiger partial charge is 0.374 e. The Morgan fingerprint density at radius 1 is 1.50 bits per heavy atom. The number of halogens is 1. The van der Waals surface area contributed by atoms with Gasteiger partial charge < -0.3 is 11.1 Å². The summed E-state index contributed by atoms with van der Waals surface area (Å²) in [5.41, 5.74) is 5.50. The third-order valence-electron chi connectivity index (χ3n) is 1.98. The quantitative estimate of drug-likeness (QED) is 0.851. The molecule has 0 aliphatic heterocycles. The van der Waals surface area contributed by atoms with Gasteiger partial charge in [0.25, 0.3) is 5.91 Å². The van der Waals surface area contributed by atoms with E-state index in [9.17, 15) is 9.18 Å². The minimum absolute atomic E-state index is 0.0929. The maximum Gasteiger partial charge on any atom is 0.286 e. The van der Waals surface area contributed by atoms with Crippen LogP contribution in [0.1, 0.15) is 15.4 Å². The minimum atomic E-state index is -0.643. The fraction of sp³-hybridized carbons (Fsp3) is 0. The zero-order chi connectivity index (χ0) is 13.1. The van der Waals surface area contributed by atoms with Crippen LogP contribution in [-0.4, -0.2) is 16.1 Å². The van der Waals surface area contributed by atoms with E-state index in [1.807, 2.05) is 0 Å². The lowest BCUT2D eigenvalue weighted by Crippen LogP contribution is -2.11. The molecule has 2 aromatic rings. The van der Waals surface area contributed by atoms with Crippen LogP contribution in [0.25, 0.3) is 0 Å². The minimum Gasteiger partial charge on any atom is -0.374 e. The molecule has 0 aliphatic rings. The standard InChI is InChI=1S/C10H6FN5OS/c11-7-2-1-6(3-5(7)4-12)14-8(17)9-15-16-10(13)18-9/h1-3H,(H2,13,16)(H,14,17). The zero-order valence-electron chi connectivity index (χ0n) is 8.85. The van der Waals surface area contributed by atoms with Gasteiger partial charge in [0, 0.05) is 5.69 Å². The highest BCUT2D eigenvalue weighted by Gasteiger charge is 2.12. The second-order valence-electron chi connectivity index (χ2n) is 3.21. The van der Waals surface area contributed by atoms with Crippen LogP contribution in [0.2, 0.25) is 0 Å². The van der Waals surface area contributed by atoms with Gasteiger partial charge in [-0.1, -0.05) is 11.3 Å². The molecule has 0 fully saturated rings. The second kappa shape index (κ2) is 4.77. The molecule has 1 aromatic heterocycles. The van der Waals surface area contributed by atoms with Crippen molar-refractivity contribution >= 4 is 28.1 Å². The smallest absolute Gasteiger partial charge is 0.286 e. The first-order valence-corrected chi connectivity index (χ1v) is 5.52. The number of amides is 1. The van der Waals surface area contributed by atoms with Gasteiger partial charge >= 0.3 is 0 Å². The predicted octanol–water partition coefficient (Wildman–Crippen LogP) is 1.38. The van der Waals surface area contributed by atoms with E-state index in [1.165, 1.54) is 12.1 Å². The average Bonchev–Trinajstić information content (AvgIpc) is 2.78. The normalized spacial score (nSPS) is 9.78. The Bertz CT molecular complexity index is 648. The van der Waals surface area contributed by atoms with Crippen LogP contribution >= 0.6 is 11.3 Å². The van der Waals surface area contributed by atoms with Gasteiger partial charge in [-0.05, 0) is 18.2 Å². The molecule has 1 amide bonds. The van der Waals surface area contributed by atoms with Crippen LogP contribution in [-0.2, 0) is 0 Å². The number of rotatable bonds is 2. The van der Waals surface area contributed by atoms with E-state index in [-0.39, 0.29) is 15.7 Å². The number of nitrogen functional groups attached to an aromatic ring is 1. The van der Waals surface area contributed by atoms with Crippen LogP contribution in [0, 0.1) is 17.1 Å². The summed E-state index contributed by atoms with van der Waals surface area (Å²) in [5.74, 6) is -1.16. The lowest BCUT2D eigenvalue weighted by atomic mass is 10.2. The highest BCUT2D eigenvalue weighted by atomic mass is 32.1. The van der Waals surface area contributed by atoms with Crippen molar-refractivity contribution in [2.45, 2.75) is 0 Å². The maximum atomic E-state index is 13.1. The van der Waals surface area contributed by atoms with Crippen molar-refractivity contribution in [1.82, 2.24) is 10.2 Å². The highest BCUT2D eigenvalue weighted by molar-refractivity contribution is 7.16. The van der Waals surface area contributed by atoms with Gasteiger partial charge in [0.1, 0.15) is 11.9 Å². The first-order chi connectivity index (χ1) is 8.60. The lowest BCUT2D eigenvalue weighted by Gasteiger charge is -2.03. The molecule has 0 bridgehead atoms. The van der Waals surface area contributed by atoms with Crippen molar-refractivity contribution in [3.63, 3.8) is 0 Å². The summed E-state index contributed by atoms with van der Waals surface area (Å²) >= 11 is 0.933. The monoisotopic (exact) mass is 263 g/mol. The van der Waals surface area contributed by atoms with Gasteiger partial charge in [0.15, 0.2) is 0 Å². The summed E-state index contributed by atoms with van der Waals surface area (Å²) in [6.45, 7) is 0. The zero-order valence-corrected chi connectivity index (χ0v) is 9.66. The number of nitrogens with two attached hydrogens (primary N) is 1. The molecule has 90 valence electrons. The van der Waals surface area contributed by atoms with E-state index in [0.29, 0.717) is 5.69 Å². The van der Waals surface area contributed by atoms with Crippen LogP contribution in [0.4, 0.5) is 15.2 Å². The van der Waals surface area contributed by atoms with E-state index in [2.05, 4.69) is 15.5 Å². The number of nitrogens with zero attached hydrogens (tertiary/aromatic N) is 3. The molecule has 0 saturated heterocycles. The lowest BCUT2D eigenvalue weighted by molar-refractivity contribution is 0.102. The number of carbonyl (C=O) groups is 1. The molecule has 0 unspecified atom stereocenters. The van der Waals surface area contributed by atoms with Crippen molar-refractivity contribution < 1.29 is 9.18 Å². The predicted molar refractivity (Wildman–Crippen MR) is 63.4 cm³/mol. The number of hydrogen-bond donors (Lipinski definition) is 2. The van der Waals surface area contributed by atoms with Crippen LogP contribution in [0.3, 0.4) is 0 Å². The number of anilines is 2. The molecule has 0 radical (unpaired) electrons.